The first-order chi connectivity index (χ1) is 8.12. The zero-order valence-corrected chi connectivity index (χ0v) is 11.5. The number of nitrogens with zero attached hydrogens (tertiary/aromatic N) is 1. The molecule has 5 heteroatoms. The summed E-state index contributed by atoms with van der Waals surface area (Å²) >= 11 is 0. The molecule has 1 aliphatic heterocycles. The van der Waals surface area contributed by atoms with Gasteiger partial charge < -0.3 is 5.32 Å². The molecule has 0 atom stereocenters. The van der Waals surface area contributed by atoms with Crippen LogP contribution in [0.15, 0.2) is 0 Å². The Hall–Kier alpha value is -0.130. The molecule has 0 aromatic rings. The highest BCUT2D eigenvalue weighted by Gasteiger charge is 2.33. The number of nitrogens with one attached hydrogen (secondary N) is 1. The molecule has 0 spiro atoms. The lowest BCUT2D eigenvalue weighted by Crippen LogP contribution is -2.45. The van der Waals surface area contributed by atoms with Crippen LogP contribution in [0.3, 0.4) is 0 Å². The van der Waals surface area contributed by atoms with E-state index in [-0.39, 0.29) is 0 Å². The molecule has 1 aliphatic carbocycles. The maximum Gasteiger partial charge on any atom is 0.214 e. The van der Waals surface area contributed by atoms with Gasteiger partial charge in [-0.15, -0.1) is 0 Å². The molecule has 17 heavy (non-hydrogen) atoms. The molecule has 0 amide bonds. The van der Waals surface area contributed by atoms with E-state index in [2.05, 4.69) is 12.2 Å². The summed E-state index contributed by atoms with van der Waals surface area (Å²) in [7, 11) is -2.96. The van der Waals surface area contributed by atoms with Crippen LogP contribution in [0.1, 0.15) is 39.0 Å². The van der Waals surface area contributed by atoms with E-state index < -0.39 is 10.0 Å². The first-order valence-electron chi connectivity index (χ1n) is 6.83. The summed E-state index contributed by atoms with van der Waals surface area (Å²) in [6, 6.07) is 0.516. The highest BCUT2D eigenvalue weighted by molar-refractivity contribution is 7.89. The molecule has 1 saturated carbocycles. The van der Waals surface area contributed by atoms with Crippen molar-refractivity contribution in [1.29, 1.82) is 0 Å². The lowest BCUT2D eigenvalue weighted by Gasteiger charge is -2.31. The Balaban J connectivity index is 1.77. The average molecular weight is 260 g/mol. The second kappa shape index (κ2) is 5.67. The first-order valence-corrected chi connectivity index (χ1v) is 8.44. The summed E-state index contributed by atoms with van der Waals surface area (Å²) in [5, 5.41) is 3.47. The van der Waals surface area contributed by atoms with Gasteiger partial charge in [-0.05, 0) is 44.6 Å². The van der Waals surface area contributed by atoms with Gasteiger partial charge in [0.25, 0.3) is 0 Å². The number of hydrogen-bond donors (Lipinski definition) is 1. The van der Waals surface area contributed by atoms with Crippen molar-refractivity contribution in [2.75, 3.05) is 25.4 Å². The van der Waals surface area contributed by atoms with Crippen molar-refractivity contribution in [1.82, 2.24) is 9.62 Å². The van der Waals surface area contributed by atoms with Crippen molar-refractivity contribution >= 4 is 10.0 Å². The van der Waals surface area contributed by atoms with Gasteiger partial charge in [-0.3, -0.25) is 0 Å². The standard InChI is InChI=1S/C12H24N2O2S/c1-2-7-13-12-5-8-14(9-6-12)17(15,16)10-11-3-4-11/h11-13H,2-10H2,1H3. The van der Waals surface area contributed by atoms with Crippen LogP contribution >= 0.6 is 0 Å². The van der Waals surface area contributed by atoms with Crippen LogP contribution < -0.4 is 5.32 Å². The second-order valence-corrected chi connectivity index (χ2v) is 7.36. The summed E-state index contributed by atoms with van der Waals surface area (Å²) in [6.07, 6.45) is 5.27. The van der Waals surface area contributed by atoms with Crippen LogP contribution in [0.4, 0.5) is 0 Å². The number of hydrogen-bond acceptors (Lipinski definition) is 3. The van der Waals surface area contributed by atoms with Gasteiger partial charge in [0.2, 0.25) is 10.0 Å². The largest absolute Gasteiger partial charge is 0.314 e. The molecule has 0 bridgehead atoms. The molecule has 0 aromatic carbocycles. The quantitative estimate of drug-likeness (QED) is 0.780. The van der Waals surface area contributed by atoms with E-state index in [0.717, 1.165) is 38.6 Å². The second-order valence-electron chi connectivity index (χ2n) is 5.35. The van der Waals surface area contributed by atoms with E-state index in [0.29, 0.717) is 30.8 Å². The predicted molar refractivity (Wildman–Crippen MR) is 69.4 cm³/mol. The third-order valence-electron chi connectivity index (χ3n) is 3.67. The maximum atomic E-state index is 12.1. The Morgan fingerprint density at radius 2 is 1.82 bits per heavy atom. The zero-order chi connectivity index (χ0) is 12.3. The van der Waals surface area contributed by atoms with Crippen molar-refractivity contribution in [2.24, 2.45) is 5.92 Å². The average Bonchev–Trinajstić information content (AvgIpc) is 3.10. The molecule has 0 unspecified atom stereocenters. The molecule has 100 valence electrons. The van der Waals surface area contributed by atoms with Gasteiger partial charge in [-0.1, -0.05) is 6.92 Å². The topological polar surface area (TPSA) is 49.4 Å². The number of rotatable bonds is 6. The molecule has 1 saturated heterocycles. The number of piperidine rings is 1. The Morgan fingerprint density at radius 3 is 2.35 bits per heavy atom. The van der Waals surface area contributed by atoms with E-state index in [1.165, 1.54) is 0 Å². The van der Waals surface area contributed by atoms with Crippen LogP contribution in [0.25, 0.3) is 0 Å². The summed E-state index contributed by atoms with van der Waals surface area (Å²) in [5.41, 5.74) is 0. The Bertz CT molecular complexity index is 330. The van der Waals surface area contributed by atoms with Gasteiger partial charge in [0.15, 0.2) is 0 Å². The van der Waals surface area contributed by atoms with E-state index in [4.69, 9.17) is 0 Å². The highest BCUT2D eigenvalue weighted by Crippen LogP contribution is 2.31. The van der Waals surface area contributed by atoms with Gasteiger partial charge in [0.05, 0.1) is 5.75 Å². The summed E-state index contributed by atoms with van der Waals surface area (Å²) in [5.74, 6) is 0.844. The summed E-state index contributed by atoms with van der Waals surface area (Å²) in [4.78, 5) is 0. The van der Waals surface area contributed by atoms with Crippen molar-refractivity contribution in [3.8, 4) is 0 Å². The summed E-state index contributed by atoms with van der Waals surface area (Å²) < 4.78 is 25.8. The molecule has 2 aliphatic rings. The minimum atomic E-state index is -2.96. The molecule has 1 N–H and O–H groups in total. The van der Waals surface area contributed by atoms with Crippen molar-refractivity contribution in [2.45, 2.75) is 45.1 Å². The van der Waals surface area contributed by atoms with Gasteiger partial charge in [0.1, 0.15) is 0 Å². The van der Waals surface area contributed by atoms with Crippen LogP contribution in [0.5, 0.6) is 0 Å². The zero-order valence-electron chi connectivity index (χ0n) is 10.7. The van der Waals surface area contributed by atoms with E-state index in [9.17, 15) is 8.42 Å². The van der Waals surface area contributed by atoms with E-state index >= 15 is 0 Å². The third-order valence-corrected chi connectivity index (χ3v) is 5.72. The van der Waals surface area contributed by atoms with Crippen molar-refractivity contribution in [3.05, 3.63) is 0 Å². The summed E-state index contributed by atoms with van der Waals surface area (Å²) in [6.45, 7) is 4.61. The molecule has 0 aromatic heterocycles. The molecule has 4 nitrogen and oxygen atoms in total. The maximum absolute atomic E-state index is 12.1. The Labute approximate surface area is 105 Å². The minimum Gasteiger partial charge on any atom is -0.314 e. The molecular weight excluding hydrogens is 236 g/mol. The predicted octanol–water partition coefficient (Wildman–Crippen LogP) is 1.19. The molecule has 1 heterocycles. The van der Waals surface area contributed by atoms with Gasteiger partial charge in [0, 0.05) is 19.1 Å². The third kappa shape index (κ3) is 3.93. The van der Waals surface area contributed by atoms with E-state index in [1.54, 1.807) is 4.31 Å². The van der Waals surface area contributed by atoms with Crippen molar-refractivity contribution in [3.63, 3.8) is 0 Å². The lowest BCUT2D eigenvalue weighted by atomic mass is 10.1. The molecular formula is C12H24N2O2S. The monoisotopic (exact) mass is 260 g/mol. The van der Waals surface area contributed by atoms with Crippen LogP contribution in [-0.4, -0.2) is 44.2 Å². The molecule has 0 radical (unpaired) electrons. The number of sulfonamides is 1. The normalized spacial score (nSPS) is 24.1. The Kier molecular flexibility index (Phi) is 4.44. The van der Waals surface area contributed by atoms with Gasteiger partial charge >= 0.3 is 0 Å². The molecule has 2 fully saturated rings. The fourth-order valence-corrected chi connectivity index (χ4v) is 4.28. The fraction of sp³-hybridized carbons (Fsp3) is 1.00. The van der Waals surface area contributed by atoms with E-state index in [1.807, 2.05) is 0 Å². The smallest absolute Gasteiger partial charge is 0.214 e. The Morgan fingerprint density at radius 1 is 1.18 bits per heavy atom. The van der Waals surface area contributed by atoms with Crippen molar-refractivity contribution < 1.29 is 8.42 Å². The van der Waals surface area contributed by atoms with Crippen LogP contribution in [-0.2, 0) is 10.0 Å². The minimum absolute atomic E-state index is 0.389. The van der Waals surface area contributed by atoms with Gasteiger partial charge in [-0.25, -0.2) is 12.7 Å². The molecule has 2 rings (SSSR count). The van der Waals surface area contributed by atoms with Crippen LogP contribution in [0, 0.1) is 5.92 Å². The fourth-order valence-electron chi connectivity index (χ4n) is 2.37. The lowest BCUT2D eigenvalue weighted by molar-refractivity contribution is 0.289. The first kappa shape index (κ1) is 13.3. The van der Waals surface area contributed by atoms with Crippen LogP contribution in [0.2, 0.25) is 0 Å². The SMILES string of the molecule is CCCNC1CCN(S(=O)(=O)CC2CC2)CC1. The highest BCUT2D eigenvalue weighted by atomic mass is 32.2. The van der Waals surface area contributed by atoms with Gasteiger partial charge in [-0.2, -0.15) is 0 Å².